The van der Waals surface area contributed by atoms with Crippen molar-refractivity contribution < 1.29 is 0 Å². The normalized spacial score (nSPS) is 21.5. The highest BCUT2D eigenvalue weighted by atomic mass is 32.2. The third kappa shape index (κ3) is 3.76. The average Bonchev–Trinajstić information content (AvgIpc) is 2.87. The van der Waals surface area contributed by atoms with Gasteiger partial charge in [-0.1, -0.05) is 13.3 Å². The molecule has 0 radical (unpaired) electrons. The van der Waals surface area contributed by atoms with E-state index in [9.17, 15) is 0 Å². The molecule has 2 atom stereocenters. The highest BCUT2D eigenvalue weighted by Crippen LogP contribution is 2.29. The maximum atomic E-state index is 4.66. The second-order valence-electron chi connectivity index (χ2n) is 5.30. The molecule has 0 amide bonds. The summed E-state index contributed by atoms with van der Waals surface area (Å²) in [5.74, 6) is 1.33. The van der Waals surface area contributed by atoms with Crippen LogP contribution in [0.3, 0.4) is 0 Å². The lowest BCUT2D eigenvalue weighted by molar-refractivity contribution is 0.476. The molecule has 1 aliphatic heterocycles. The average molecular weight is 281 g/mol. The zero-order valence-corrected chi connectivity index (χ0v) is 13.3. The summed E-state index contributed by atoms with van der Waals surface area (Å²) in [6, 6.07) is 2.87. The van der Waals surface area contributed by atoms with Crippen LogP contribution >= 0.6 is 11.8 Å². The van der Waals surface area contributed by atoms with Gasteiger partial charge >= 0.3 is 0 Å². The number of thioether (sulfide) groups is 1. The highest BCUT2D eigenvalue weighted by Gasteiger charge is 2.24. The minimum Gasteiger partial charge on any atom is -0.316 e. The van der Waals surface area contributed by atoms with E-state index in [2.05, 4.69) is 53.8 Å². The van der Waals surface area contributed by atoms with Gasteiger partial charge in [0.1, 0.15) is 0 Å². The van der Waals surface area contributed by atoms with Gasteiger partial charge < -0.3 is 5.32 Å². The monoisotopic (exact) mass is 281 g/mol. The van der Waals surface area contributed by atoms with E-state index >= 15 is 0 Å². The third-order valence-electron chi connectivity index (χ3n) is 4.04. The Labute approximate surface area is 121 Å². The van der Waals surface area contributed by atoms with Crippen LogP contribution in [0.5, 0.6) is 0 Å². The predicted octanol–water partition coefficient (Wildman–Crippen LogP) is 2.88. The number of likely N-dealkylation sites (N-methyl/N-ethyl adjacent to an activating group) is 1. The first kappa shape index (κ1) is 14.9. The van der Waals surface area contributed by atoms with Crippen molar-refractivity contribution in [3.05, 3.63) is 17.5 Å². The summed E-state index contributed by atoms with van der Waals surface area (Å²) in [4.78, 5) is 0. The molecule has 0 aromatic carbocycles. The molecule has 0 aliphatic carbocycles. The van der Waals surface area contributed by atoms with E-state index in [-0.39, 0.29) is 0 Å². The number of rotatable bonds is 6. The van der Waals surface area contributed by atoms with Gasteiger partial charge in [0.25, 0.3) is 0 Å². The lowest BCUT2D eigenvalue weighted by Gasteiger charge is -2.29. The molecule has 1 aromatic rings. The molecular formula is C15H27N3S. The van der Waals surface area contributed by atoms with Crippen molar-refractivity contribution in [3.8, 4) is 0 Å². The van der Waals surface area contributed by atoms with E-state index in [0.29, 0.717) is 6.04 Å². The lowest BCUT2D eigenvalue weighted by Crippen LogP contribution is -2.39. The molecule has 1 aromatic heterocycles. The Hall–Kier alpha value is -0.480. The van der Waals surface area contributed by atoms with Gasteiger partial charge in [0.05, 0.1) is 5.69 Å². The fourth-order valence-corrected chi connectivity index (χ4v) is 4.33. The summed E-state index contributed by atoms with van der Waals surface area (Å²) in [6.45, 7) is 5.34. The first-order chi connectivity index (χ1) is 9.28. The van der Waals surface area contributed by atoms with Crippen molar-refractivity contribution >= 4 is 11.8 Å². The molecule has 1 N–H and O–H groups in total. The van der Waals surface area contributed by atoms with E-state index in [1.54, 1.807) is 0 Å². The van der Waals surface area contributed by atoms with Gasteiger partial charge in [-0.25, -0.2) is 0 Å². The molecule has 2 heterocycles. The molecule has 0 spiro atoms. The number of nitrogens with zero attached hydrogens (tertiary/aromatic N) is 2. The Kier molecular flexibility index (Phi) is 5.76. The molecule has 1 aliphatic rings. The van der Waals surface area contributed by atoms with E-state index in [4.69, 9.17) is 0 Å². The van der Waals surface area contributed by atoms with Crippen molar-refractivity contribution in [1.82, 2.24) is 15.1 Å². The Bertz CT molecular complexity index is 383. The number of aromatic nitrogens is 2. The number of hydrogen-bond acceptors (Lipinski definition) is 3. The third-order valence-corrected chi connectivity index (χ3v) is 5.56. The fourth-order valence-electron chi connectivity index (χ4n) is 2.85. The molecule has 4 heteroatoms. The number of hydrogen-bond donors (Lipinski definition) is 1. The van der Waals surface area contributed by atoms with Gasteiger partial charge in [-0.3, -0.25) is 4.68 Å². The summed E-state index contributed by atoms with van der Waals surface area (Å²) in [5.41, 5.74) is 2.62. The molecule has 1 saturated heterocycles. The Morgan fingerprint density at radius 3 is 2.89 bits per heavy atom. The molecular weight excluding hydrogens is 254 g/mol. The summed E-state index contributed by atoms with van der Waals surface area (Å²) < 4.78 is 2.18. The first-order valence-corrected chi connectivity index (χ1v) is 8.67. The van der Waals surface area contributed by atoms with Gasteiger partial charge in [-0.05, 0) is 45.1 Å². The molecule has 1 fully saturated rings. The maximum absolute atomic E-state index is 4.66. The SMILES string of the molecule is CCc1cc(CC(NC)C2CCCCS2)n(CC)n1. The van der Waals surface area contributed by atoms with E-state index in [1.165, 1.54) is 36.4 Å². The standard InChI is InChI=1S/C15H27N3S/c1-4-12-10-13(18(5-2)17-12)11-14(16-3)15-8-6-7-9-19-15/h10,14-16H,4-9,11H2,1-3H3. The van der Waals surface area contributed by atoms with Crippen LogP contribution in [0, 0.1) is 0 Å². The van der Waals surface area contributed by atoms with Crippen molar-refractivity contribution in [3.63, 3.8) is 0 Å². The molecule has 3 nitrogen and oxygen atoms in total. The molecule has 2 unspecified atom stereocenters. The van der Waals surface area contributed by atoms with Crippen LogP contribution in [0.15, 0.2) is 6.07 Å². The Balaban J connectivity index is 2.06. The quantitative estimate of drug-likeness (QED) is 0.869. The Morgan fingerprint density at radius 2 is 2.32 bits per heavy atom. The van der Waals surface area contributed by atoms with Gasteiger partial charge in [-0.15, -0.1) is 0 Å². The van der Waals surface area contributed by atoms with Crippen LogP contribution in [0.2, 0.25) is 0 Å². The lowest BCUT2D eigenvalue weighted by atomic mass is 10.0. The minimum atomic E-state index is 0.581. The number of aryl methyl sites for hydroxylation is 2. The van der Waals surface area contributed by atoms with E-state index in [0.717, 1.165) is 24.6 Å². The van der Waals surface area contributed by atoms with Crippen molar-refractivity contribution in [2.75, 3.05) is 12.8 Å². The van der Waals surface area contributed by atoms with Crippen LogP contribution in [-0.2, 0) is 19.4 Å². The van der Waals surface area contributed by atoms with E-state index < -0.39 is 0 Å². The summed E-state index contributed by atoms with van der Waals surface area (Å²) in [5, 5.41) is 8.97. The van der Waals surface area contributed by atoms with Crippen molar-refractivity contribution in [1.29, 1.82) is 0 Å². The second kappa shape index (κ2) is 7.34. The zero-order valence-electron chi connectivity index (χ0n) is 12.5. The number of nitrogens with one attached hydrogen (secondary N) is 1. The topological polar surface area (TPSA) is 29.9 Å². The smallest absolute Gasteiger partial charge is 0.0624 e. The largest absolute Gasteiger partial charge is 0.316 e. The van der Waals surface area contributed by atoms with Gasteiger partial charge in [0.15, 0.2) is 0 Å². The highest BCUT2D eigenvalue weighted by molar-refractivity contribution is 8.00. The molecule has 0 saturated carbocycles. The van der Waals surface area contributed by atoms with Crippen molar-refractivity contribution in [2.24, 2.45) is 0 Å². The maximum Gasteiger partial charge on any atom is 0.0624 e. The second-order valence-corrected chi connectivity index (χ2v) is 6.65. The van der Waals surface area contributed by atoms with Crippen LogP contribution in [0.4, 0.5) is 0 Å². The van der Waals surface area contributed by atoms with Gasteiger partial charge in [0.2, 0.25) is 0 Å². The minimum absolute atomic E-state index is 0.581. The van der Waals surface area contributed by atoms with Crippen LogP contribution in [0.25, 0.3) is 0 Å². The van der Waals surface area contributed by atoms with Gasteiger partial charge in [0, 0.05) is 30.0 Å². The Morgan fingerprint density at radius 1 is 1.47 bits per heavy atom. The molecule has 108 valence electrons. The summed E-state index contributed by atoms with van der Waals surface area (Å²) in [7, 11) is 2.10. The zero-order chi connectivity index (χ0) is 13.7. The molecule has 2 rings (SSSR count). The first-order valence-electron chi connectivity index (χ1n) is 7.62. The van der Waals surface area contributed by atoms with Crippen molar-refractivity contribution in [2.45, 2.75) is 63.8 Å². The van der Waals surface area contributed by atoms with E-state index in [1.807, 2.05) is 0 Å². The van der Waals surface area contributed by atoms with Crippen LogP contribution in [0.1, 0.15) is 44.5 Å². The predicted molar refractivity (Wildman–Crippen MR) is 83.9 cm³/mol. The van der Waals surface area contributed by atoms with Crippen LogP contribution < -0.4 is 5.32 Å². The summed E-state index contributed by atoms with van der Waals surface area (Å²) >= 11 is 2.15. The molecule has 19 heavy (non-hydrogen) atoms. The summed E-state index contributed by atoms with van der Waals surface area (Å²) in [6.07, 6.45) is 6.28. The van der Waals surface area contributed by atoms with Gasteiger partial charge in [-0.2, -0.15) is 16.9 Å². The fraction of sp³-hybridized carbons (Fsp3) is 0.800. The molecule has 0 bridgehead atoms. The van der Waals surface area contributed by atoms with Crippen LogP contribution in [-0.4, -0.2) is 33.9 Å².